The highest BCUT2D eigenvalue weighted by Crippen LogP contribution is 2.36. The number of nitrogens with one attached hydrogen (secondary N) is 8. The van der Waals surface area contributed by atoms with Crippen molar-refractivity contribution in [2.75, 3.05) is 70.5 Å². The Hall–Kier alpha value is -9.64. The second kappa shape index (κ2) is 38.9. The number of hydrazone groups is 2. The molecular weight excluding hydrogens is 1910 g/mol. The number of phenols is 2. The monoisotopic (exact) mass is 1960 g/mol. The molecule has 596 valence electrons. The number of hydrogen-bond acceptors (Lipinski definition) is 23. The summed E-state index contributed by atoms with van der Waals surface area (Å²) in [4.78, 5) is 26.7. The zero-order valence-electron chi connectivity index (χ0n) is 58.6. The minimum Gasteiger partial charge on any atom is -0.744 e. The van der Waals surface area contributed by atoms with Crippen molar-refractivity contribution in [1.82, 2.24) is 21.5 Å². The van der Waals surface area contributed by atoms with Crippen LogP contribution in [0.1, 0.15) is 33.4 Å². The molecule has 0 unspecified atom stereocenters. The van der Waals surface area contributed by atoms with Gasteiger partial charge in [0.2, 0.25) is 0 Å². The van der Waals surface area contributed by atoms with E-state index in [4.69, 9.17) is 53.6 Å². The first-order chi connectivity index (χ1) is 54.4. The molecule has 0 saturated carbocycles. The predicted molar refractivity (Wildman–Crippen MR) is 468 cm³/mol. The van der Waals surface area contributed by atoms with Crippen LogP contribution >= 0.6 is 113 Å². The minimum atomic E-state index is -5.26. The average molecular weight is 1960 g/mol. The summed E-state index contributed by atoms with van der Waals surface area (Å²) in [6.45, 7) is -0.485. The highest BCUT2D eigenvalue weighted by Gasteiger charge is 2.23. The van der Waals surface area contributed by atoms with Gasteiger partial charge < -0.3 is 74.9 Å². The minimum absolute atomic E-state index is 0.00937. The van der Waals surface area contributed by atoms with Gasteiger partial charge in [0.05, 0.1) is 63.1 Å². The predicted octanol–water partition coefficient (Wildman–Crippen LogP) is 12.4. The SMILES string of the molecule is O=C(CN(C(=S)Nc1ccc(/C=C/c2ccc(NC(=S)NCCOCCNC(=S)Nc3ccc(/C=C/c4ccc(NC(=S)N(CC(=O)N/N=C/c5cc(Br)c(O)c(Br)c5)c5ccc6ccccc6c5)cc4S(=O)(=O)[O-])c(S(=O)(=O)[O-])c3)cc2S(=O)(=O)[O-])c(S(=O)(=O)[O-])c1)c1ccc2ccccc2c1)N/N=C/c1cc(Br)c(O)c(Br)c1. The molecule has 0 atom stereocenters. The molecule has 0 heterocycles. The Labute approximate surface area is 713 Å². The molecule has 0 saturated heterocycles. The van der Waals surface area contributed by atoms with E-state index in [2.05, 4.69) is 117 Å². The van der Waals surface area contributed by atoms with Crippen LogP contribution in [0.3, 0.4) is 0 Å². The fraction of sp³-hybridized carbons (Fsp3) is 0.0811. The molecule has 10 aromatic carbocycles. The molecule has 10 rings (SSSR count). The van der Waals surface area contributed by atoms with Crippen molar-refractivity contribution in [2.45, 2.75) is 19.6 Å². The number of thiocarbonyl (C=S) groups is 4. The Morgan fingerprint density at radius 3 is 1.01 bits per heavy atom. The van der Waals surface area contributed by atoms with Gasteiger partial charge in [-0.05, 0) is 265 Å². The quantitative estimate of drug-likeness (QED) is 0.00544. The summed E-state index contributed by atoms with van der Waals surface area (Å²) in [7, 11) is -20.9. The molecule has 10 aromatic rings. The molecular formula is C74H58Br4N12O17S8-4. The van der Waals surface area contributed by atoms with Gasteiger partial charge in [-0.1, -0.05) is 109 Å². The molecule has 0 aliphatic rings. The molecule has 0 aromatic heterocycles. The lowest BCUT2D eigenvalue weighted by Crippen LogP contribution is -2.41. The number of benzene rings is 10. The molecule has 0 spiro atoms. The maximum atomic E-state index is 13.4. The third-order valence-electron chi connectivity index (χ3n) is 16.2. The number of fused-ring (bicyclic) bond motifs is 2. The summed E-state index contributed by atoms with van der Waals surface area (Å²) in [5.74, 6) is -1.31. The zero-order chi connectivity index (χ0) is 83.1. The van der Waals surface area contributed by atoms with Crippen LogP contribution < -0.4 is 52.6 Å². The van der Waals surface area contributed by atoms with E-state index in [0.717, 1.165) is 70.1 Å². The van der Waals surface area contributed by atoms with Crippen LogP contribution in [0.4, 0.5) is 34.1 Å². The van der Waals surface area contributed by atoms with Crippen molar-refractivity contribution in [3.8, 4) is 11.5 Å². The Bertz CT molecular complexity index is 5740. The van der Waals surface area contributed by atoms with Crippen LogP contribution in [-0.4, -0.2) is 146 Å². The number of ether oxygens (including phenoxy) is 1. The van der Waals surface area contributed by atoms with E-state index < -0.39 is 85.0 Å². The Morgan fingerprint density at radius 2 is 0.704 bits per heavy atom. The van der Waals surface area contributed by atoms with Crippen LogP contribution in [0.25, 0.3) is 45.8 Å². The lowest BCUT2D eigenvalue weighted by molar-refractivity contribution is -0.120. The maximum Gasteiger partial charge on any atom is 0.260 e. The largest absolute Gasteiger partial charge is 0.744 e. The van der Waals surface area contributed by atoms with Crippen LogP contribution in [0.5, 0.6) is 11.5 Å². The van der Waals surface area contributed by atoms with Gasteiger partial charge in [0.15, 0.2) is 20.4 Å². The van der Waals surface area contributed by atoms with Gasteiger partial charge in [-0.25, -0.2) is 44.5 Å². The lowest BCUT2D eigenvalue weighted by Gasteiger charge is -2.26. The molecule has 0 bridgehead atoms. The summed E-state index contributed by atoms with van der Waals surface area (Å²) in [5, 5.41) is 48.4. The van der Waals surface area contributed by atoms with Crippen LogP contribution in [0.15, 0.2) is 230 Å². The zero-order valence-corrected chi connectivity index (χ0v) is 71.5. The van der Waals surface area contributed by atoms with E-state index in [1.54, 1.807) is 48.5 Å². The highest BCUT2D eigenvalue weighted by molar-refractivity contribution is 9.11. The first kappa shape index (κ1) is 87.7. The first-order valence-corrected chi connectivity index (χ1v) is 43.5. The molecule has 10 N–H and O–H groups in total. The van der Waals surface area contributed by atoms with Gasteiger partial charge >= 0.3 is 0 Å². The summed E-state index contributed by atoms with van der Waals surface area (Å²) in [6, 6.07) is 46.2. The van der Waals surface area contributed by atoms with E-state index in [1.807, 2.05) is 60.7 Å². The lowest BCUT2D eigenvalue weighted by atomic mass is 10.1. The molecule has 41 heteroatoms. The topological polar surface area (TPSA) is 440 Å². The van der Waals surface area contributed by atoms with E-state index in [9.17, 15) is 71.7 Å². The van der Waals surface area contributed by atoms with E-state index in [1.165, 1.54) is 70.8 Å². The Kier molecular flexibility index (Phi) is 29.7. The van der Waals surface area contributed by atoms with Crippen molar-refractivity contribution >= 4 is 278 Å². The average Bonchev–Trinajstić information content (AvgIpc) is 0.803. The van der Waals surface area contributed by atoms with Crippen molar-refractivity contribution in [1.29, 1.82) is 0 Å². The third-order valence-corrected chi connectivity index (χ3v) is 23.3. The Morgan fingerprint density at radius 1 is 0.409 bits per heavy atom. The Balaban J connectivity index is 0.707. The molecule has 2 amide bonds. The van der Waals surface area contributed by atoms with Crippen molar-refractivity contribution in [3.05, 3.63) is 233 Å². The van der Waals surface area contributed by atoms with Crippen molar-refractivity contribution in [2.24, 2.45) is 10.2 Å². The number of amides is 2. The second-order valence-electron chi connectivity index (χ2n) is 24.2. The summed E-state index contributed by atoms with van der Waals surface area (Å²) in [5.41, 5.74) is 6.19. The molecule has 0 aliphatic heterocycles. The number of rotatable bonds is 28. The number of hydrogen-bond donors (Lipinski definition) is 10. The first-order valence-electron chi connectivity index (χ1n) is 33.0. The fourth-order valence-corrected chi connectivity index (χ4v) is 17.1. The number of anilines is 6. The van der Waals surface area contributed by atoms with Crippen LogP contribution in [0, 0.1) is 0 Å². The number of carbonyl (C=O) groups excluding carboxylic acids is 2. The molecule has 0 radical (unpaired) electrons. The molecule has 0 fully saturated rings. The molecule has 29 nitrogen and oxygen atoms in total. The van der Waals surface area contributed by atoms with E-state index in [0.29, 0.717) is 40.4 Å². The van der Waals surface area contributed by atoms with Gasteiger partial charge in [-0.3, -0.25) is 9.59 Å². The summed E-state index contributed by atoms with van der Waals surface area (Å²) < 4.78 is 160. The maximum absolute atomic E-state index is 13.4. The highest BCUT2D eigenvalue weighted by atomic mass is 79.9. The fourth-order valence-electron chi connectivity index (χ4n) is 10.8. The van der Waals surface area contributed by atoms with E-state index >= 15 is 0 Å². The van der Waals surface area contributed by atoms with Crippen LogP contribution in [-0.2, 0) is 54.8 Å². The number of halogens is 4. The number of phenolic OH excluding ortho intramolecular Hbond substituents is 2. The number of aromatic hydroxyl groups is 2. The standard InChI is InChI=1S/C74H62Br4N12O17S8/c75-59-29-43(30-60(76)69(59)93)39-81-87-67(91)41-89(57-23-17-45-5-1-3-7-51(45)33-57)73(110)85-55-21-15-49(65(37-55)114(101,102)103)11-9-47-13-19-53(35-63(47)112(95,96)97)83-71(108)79-25-27-107-28-26-80-72(109)84-54-20-14-48(64(36-54)113(98,99)100)10-12-50-16-22-56(38-66(50)115(104,105)106)86-74(111)90(58-24-18-46-6-2-4-8-52(46)34-58)42-68(92)88-82-40-44-31-61(77)70(94)62(78)32-44/h1-24,29-40,93-94H,25-28,41-42H2,(H,85,110)(H,86,111)(H,87,91)(H,88,92)(H2,79,83,108)(H2,80,84,109)(H,95,96,97)(H,98,99,100)(H,101,102,103)(H,104,105,106)/p-4/b11-9+,12-10+,81-39+,82-40+. The smallest absolute Gasteiger partial charge is 0.260 e. The van der Waals surface area contributed by atoms with Gasteiger partial charge in [0, 0.05) is 47.2 Å². The summed E-state index contributed by atoms with van der Waals surface area (Å²) in [6.07, 6.45) is 7.21. The third kappa shape index (κ3) is 24.7. The van der Waals surface area contributed by atoms with Gasteiger partial charge in [-0.2, -0.15) is 10.2 Å². The molecule has 0 aliphatic carbocycles. The number of carbonyl (C=O) groups is 2. The van der Waals surface area contributed by atoms with Crippen molar-refractivity contribution in [3.63, 3.8) is 0 Å². The second-order valence-corrected chi connectivity index (χ2v) is 34.6. The van der Waals surface area contributed by atoms with Gasteiger partial charge in [0.1, 0.15) is 65.1 Å². The van der Waals surface area contributed by atoms with Gasteiger partial charge in [-0.15, -0.1) is 0 Å². The van der Waals surface area contributed by atoms with Gasteiger partial charge in [0.25, 0.3) is 11.8 Å². The number of nitrogens with zero attached hydrogens (tertiary/aromatic N) is 4. The van der Waals surface area contributed by atoms with E-state index in [-0.39, 0.29) is 103 Å². The van der Waals surface area contributed by atoms with Crippen LogP contribution in [0.2, 0.25) is 0 Å². The summed E-state index contributed by atoms with van der Waals surface area (Å²) >= 11 is 35.3. The van der Waals surface area contributed by atoms with Crippen molar-refractivity contribution < 1.29 is 76.4 Å². The molecule has 115 heavy (non-hydrogen) atoms. The normalized spacial score (nSPS) is 12.0.